The molecule has 0 nitrogen and oxygen atoms in total. The van der Waals surface area contributed by atoms with E-state index in [0.29, 0.717) is 0 Å². The van der Waals surface area contributed by atoms with E-state index in [0.717, 1.165) is 0 Å². The molecule has 0 aliphatic rings. The summed E-state index contributed by atoms with van der Waals surface area (Å²) in [6.07, 6.45) is 0. The van der Waals surface area contributed by atoms with Crippen molar-refractivity contribution in [2.45, 2.75) is 0 Å². The largest absolute Gasteiger partial charge is 0 e. The Hall–Kier alpha value is 3.45. The zero-order chi connectivity index (χ0) is 0. The van der Waals surface area contributed by atoms with Crippen molar-refractivity contribution < 1.29 is 57.6 Å². The van der Waals surface area contributed by atoms with Gasteiger partial charge in [0.15, 0.2) is 0 Å². The summed E-state index contributed by atoms with van der Waals surface area (Å²) in [6, 6.07) is 0. The molecule has 0 bridgehead atoms. The second kappa shape index (κ2) is 26.0. The average molecular weight is 391 g/mol. The Bertz CT molecular complexity index is 11.6. The van der Waals surface area contributed by atoms with Crippen LogP contribution >= 0.6 is 0 Å². The maximum absolute atomic E-state index is 0. The first-order chi connectivity index (χ1) is 0. The fourth-order valence-corrected chi connectivity index (χ4v) is 0. The van der Waals surface area contributed by atoms with Gasteiger partial charge in [-0.25, -0.2) is 0 Å². The van der Waals surface area contributed by atoms with Crippen LogP contribution in [0.5, 0.6) is 0 Å². The van der Waals surface area contributed by atoms with Gasteiger partial charge in [-0.3, -0.25) is 0 Å². The van der Waals surface area contributed by atoms with Crippen molar-refractivity contribution in [2.24, 2.45) is 0 Å². The first kappa shape index (κ1) is 39.4. The third-order valence-electron chi connectivity index (χ3n) is 0. The van der Waals surface area contributed by atoms with Crippen molar-refractivity contribution in [3.05, 3.63) is 0 Å². The first-order valence-corrected chi connectivity index (χ1v) is 0. The van der Waals surface area contributed by atoms with Gasteiger partial charge < -0.3 is 0 Å². The second-order valence-electron chi connectivity index (χ2n) is 0. The van der Waals surface area contributed by atoms with Crippen molar-refractivity contribution in [2.75, 3.05) is 0 Å². The second-order valence-corrected chi connectivity index (χ2v) is 0. The minimum absolute atomic E-state index is 0. The zero-order valence-electron chi connectivity index (χ0n) is 2.30. The molecule has 0 aromatic rings. The molecule has 5 heavy (non-hydrogen) atoms. The molecule has 0 aliphatic carbocycles. The molecule has 0 saturated heterocycles. The summed E-state index contributed by atoms with van der Waals surface area (Å²) in [5.74, 6) is 0. The summed E-state index contributed by atoms with van der Waals surface area (Å²) in [4.78, 5) is 0. The van der Waals surface area contributed by atoms with Gasteiger partial charge in [0, 0.05) is 106 Å². The molecule has 24 valence electrons. The molecule has 5 heteroatoms. The zero-order valence-corrected chi connectivity index (χ0v) is 11.9. The van der Waals surface area contributed by atoms with Crippen molar-refractivity contribution in [1.82, 2.24) is 0 Å². The standard InChI is InChI=1S/Cr.Sb.Sn.Ti.V. The van der Waals surface area contributed by atoms with Crippen LogP contribution in [0.25, 0.3) is 0 Å². The maximum atomic E-state index is 0. The van der Waals surface area contributed by atoms with Crippen LogP contribution in [-0.4, -0.2) is 48.3 Å². The van der Waals surface area contributed by atoms with Crippen LogP contribution in [0.1, 0.15) is 0 Å². The third-order valence-corrected chi connectivity index (χ3v) is 0. The molecule has 0 unspecified atom stereocenters. The van der Waals surface area contributed by atoms with Crippen LogP contribution in [0, 0.1) is 0 Å². The minimum atomic E-state index is 0. The smallest absolute Gasteiger partial charge is 0 e. The summed E-state index contributed by atoms with van der Waals surface area (Å²) in [7, 11) is 0. The van der Waals surface area contributed by atoms with E-state index in [-0.39, 0.29) is 106 Å². The Morgan fingerprint density at radius 2 is 1.00 bits per heavy atom. The van der Waals surface area contributed by atoms with Gasteiger partial charge in [0.1, 0.15) is 0 Å². The summed E-state index contributed by atoms with van der Waals surface area (Å²) >= 11 is 0. The fraction of sp³-hybridized carbons (Fsp3) is 0. The van der Waals surface area contributed by atoms with Crippen molar-refractivity contribution >= 4 is 48.3 Å². The van der Waals surface area contributed by atoms with E-state index in [9.17, 15) is 0 Å². The quantitative estimate of drug-likeness (QED) is 0.476. The van der Waals surface area contributed by atoms with Gasteiger partial charge in [-0.1, -0.05) is 0 Å². The molecule has 0 fully saturated rings. The van der Waals surface area contributed by atoms with E-state index >= 15 is 0 Å². The van der Waals surface area contributed by atoms with Gasteiger partial charge in [-0.2, -0.15) is 0 Å². The number of rotatable bonds is 0. The van der Waals surface area contributed by atoms with Crippen LogP contribution in [0.15, 0.2) is 0 Å². The van der Waals surface area contributed by atoms with E-state index in [1.807, 2.05) is 0 Å². The molecule has 8 radical (unpaired) electrons. The van der Waals surface area contributed by atoms with Crippen LogP contribution in [-0.2, 0) is 57.6 Å². The van der Waals surface area contributed by atoms with E-state index in [4.69, 9.17) is 0 Å². The molecular formula is CrSbSnTiV. The molecule has 0 aromatic carbocycles. The minimum Gasteiger partial charge on any atom is 0 e. The third kappa shape index (κ3) is 18.6. The SMILES string of the molecule is [Cr].[Sb].[Sn].[Ti].[V]. The first-order valence-electron chi connectivity index (χ1n) is 0. The van der Waals surface area contributed by atoms with E-state index < -0.39 is 0 Å². The Kier molecular flexibility index (Phi) is 205. The molecule has 0 aliphatic heterocycles. The molecule has 0 atom stereocenters. The molecule has 0 heterocycles. The molecule has 0 spiro atoms. The molecule has 0 rings (SSSR count). The van der Waals surface area contributed by atoms with Crippen molar-refractivity contribution in [1.29, 1.82) is 0 Å². The Balaban J connectivity index is 0. The van der Waals surface area contributed by atoms with Crippen molar-refractivity contribution in [3.63, 3.8) is 0 Å². The molecule has 0 amide bonds. The van der Waals surface area contributed by atoms with Crippen LogP contribution in [0.3, 0.4) is 0 Å². The topological polar surface area (TPSA) is 0 Å². The molecule has 0 saturated carbocycles. The number of hydrogen-bond acceptors (Lipinski definition) is 0. The molecule has 0 N–H and O–H groups in total. The Morgan fingerprint density at radius 1 is 1.00 bits per heavy atom. The van der Waals surface area contributed by atoms with E-state index in [2.05, 4.69) is 0 Å². The van der Waals surface area contributed by atoms with Gasteiger partial charge in [0.2, 0.25) is 0 Å². The molecule has 0 aromatic heterocycles. The number of hydrogen-bond donors (Lipinski definition) is 0. The summed E-state index contributed by atoms with van der Waals surface area (Å²) in [6.45, 7) is 0. The Morgan fingerprint density at radius 3 is 1.00 bits per heavy atom. The monoisotopic (exact) mass is 392 g/mol. The van der Waals surface area contributed by atoms with Crippen LogP contribution in [0.2, 0.25) is 0 Å². The predicted molar refractivity (Wildman–Crippen MR) is 11.5 cm³/mol. The van der Waals surface area contributed by atoms with Gasteiger partial charge in [-0.15, -0.1) is 0 Å². The summed E-state index contributed by atoms with van der Waals surface area (Å²) < 4.78 is 0. The maximum Gasteiger partial charge on any atom is 0 e. The predicted octanol–water partition coefficient (Wildman–Crippen LogP) is -0.769. The van der Waals surface area contributed by atoms with Gasteiger partial charge in [0.05, 0.1) is 0 Å². The van der Waals surface area contributed by atoms with Gasteiger partial charge in [0.25, 0.3) is 0 Å². The summed E-state index contributed by atoms with van der Waals surface area (Å²) in [5.41, 5.74) is 0. The van der Waals surface area contributed by atoms with E-state index in [1.165, 1.54) is 0 Å². The molecular weight excluding hydrogens is 391 g/mol. The van der Waals surface area contributed by atoms with Crippen molar-refractivity contribution in [3.8, 4) is 0 Å². The average Bonchev–Trinajstić information content (AvgIpc) is 0. The Labute approximate surface area is 104 Å². The van der Waals surface area contributed by atoms with E-state index in [1.54, 1.807) is 0 Å². The van der Waals surface area contributed by atoms with Crippen LogP contribution in [0.4, 0.5) is 0 Å². The van der Waals surface area contributed by atoms with Gasteiger partial charge >= 0.3 is 0 Å². The van der Waals surface area contributed by atoms with Gasteiger partial charge in [-0.05, 0) is 0 Å². The van der Waals surface area contributed by atoms with Crippen LogP contribution < -0.4 is 0 Å². The summed E-state index contributed by atoms with van der Waals surface area (Å²) in [5, 5.41) is 0. The fourth-order valence-electron chi connectivity index (χ4n) is 0. The normalized spacial score (nSPS) is 0.